The first-order valence-electron chi connectivity index (χ1n) is 6.63. The number of rotatable bonds is 3. The van der Waals surface area contributed by atoms with Gasteiger partial charge in [0.05, 0.1) is 0 Å². The number of hydrogen-bond acceptors (Lipinski definition) is 2. The normalized spacial score (nSPS) is 15.8. The van der Waals surface area contributed by atoms with Gasteiger partial charge in [0.1, 0.15) is 0 Å². The summed E-state index contributed by atoms with van der Waals surface area (Å²) in [5, 5.41) is 0. The van der Waals surface area contributed by atoms with Crippen LogP contribution in [0.4, 0.5) is 0 Å². The lowest BCUT2D eigenvalue weighted by atomic mass is 10.2. The molecule has 0 aliphatic carbocycles. The molecule has 2 rings (SSSR count). The van der Waals surface area contributed by atoms with Crippen molar-refractivity contribution in [2.75, 3.05) is 33.7 Å². The van der Waals surface area contributed by atoms with E-state index in [1.807, 2.05) is 0 Å². The van der Waals surface area contributed by atoms with E-state index in [1.165, 1.54) is 31.5 Å². The predicted octanol–water partition coefficient (Wildman–Crippen LogP) is 2.85. The SMILES string of the molecule is CCN(C)C.c1ccc(CN2CCCC2)cc1. The van der Waals surface area contributed by atoms with Crippen LogP contribution in [-0.2, 0) is 6.54 Å². The minimum absolute atomic E-state index is 1.14. The molecule has 0 amide bonds. The molecule has 0 spiro atoms. The third-order valence-corrected chi connectivity index (χ3v) is 3.08. The van der Waals surface area contributed by atoms with Crippen LogP contribution in [0.15, 0.2) is 30.3 Å². The zero-order valence-corrected chi connectivity index (χ0v) is 11.5. The van der Waals surface area contributed by atoms with E-state index in [1.54, 1.807) is 0 Å². The quantitative estimate of drug-likeness (QED) is 0.793. The number of benzene rings is 1. The molecule has 2 nitrogen and oxygen atoms in total. The van der Waals surface area contributed by atoms with E-state index in [4.69, 9.17) is 0 Å². The van der Waals surface area contributed by atoms with Crippen molar-refractivity contribution in [2.24, 2.45) is 0 Å². The average Bonchev–Trinajstić information content (AvgIpc) is 2.84. The maximum absolute atomic E-state index is 2.52. The third-order valence-electron chi connectivity index (χ3n) is 3.08. The molecule has 1 fully saturated rings. The standard InChI is InChI=1S/C11H15N.C4H11N/c1-2-6-11(7-3-1)10-12-8-4-5-9-12;1-4-5(2)3/h1-3,6-7H,4-5,8-10H2;4H2,1-3H3. The van der Waals surface area contributed by atoms with Crippen LogP contribution >= 0.6 is 0 Å². The highest BCUT2D eigenvalue weighted by Crippen LogP contribution is 2.11. The van der Waals surface area contributed by atoms with E-state index in [-0.39, 0.29) is 0 Å². The van der Waals surface area contributed by atoms with E-state index in [2.05, 4.69) is 61.2 Å². The van der Waals surface area contributed by atoms with Crippen LogP contribution in [0.25, 0.3) is 0 Å². The molecule has 1 aliphatic rings. The lowest BCUT2D eigenvalue weighted by molar-refractivity contribution is 0.331. The Morgan fingerprint density at radius 2 is 1.59 bits per heavy atom. The van der Waals surface area contributed by atoms with E-state index in [0.717, 1.165) is 13.1 Å². The molecular weight excluding hydrogens is 208 g/mol. The molecule has 0 atom stereocenters. The first kappa shape index (κ1) is 14.2. The van der Waals surface area contributed by atoms with Crippen molar-refractivity contribution in [3.63, 3.8) is 0 Å². The summed E-state index contributed by atoms with van der Waals surface area (Å²) in [5.74, 6) is 0. The molecule has 0 saturated carbocycles. The molecule has 0 N–H and O–H groups in total. The predicted molar refractivity (Wildman–Crippen MR) is 75.2 cm³/mol. The lowest BCUT2D eigenvalue weighted by Gasteiger charge is -2.13. The monoisotopic (exact) mass is 234 g/mol. The van der Waals surface area contributed by atoms with Crippen LogP contribution in [-0.4, -0.2) is 43.5 Å². The van der Waals surface area contributed by atoms with Gasteiger partial charge >= 0.3 is 0 Å². The summed E-state index contributed by atoms with van der Waals surface area (Å²) in [6, 6.07) is 10.7. The number of hydrogen-bond donors (Lipinski definition) is 0. The highest BCUT2D eigenvalue weighted by atomic mass is 15.1. The Bertz CT molecular complexity index is 276. The van der Waals surface area contributed by atoms with Crippen LogP contribution in [0.1, 0.15) is 25.3 Å². The second kappa shape index (κ2) is 8.26. The van der Waals surface area contributed by atoms with E-state index in [0.29, 0.717) is 0 Å². The molecule has 1 aliphatic heterocycles. The Morgan fingerprint density at radius 3 is 2.06 bits per heavy atom. The second-order valence-electron chi connectivity index (χ2n) is 4.86. The zero-order valence-electron chi connectivity index (χ0n) is 11.5. The smallest absolute Gasteiger partial charge is 0.0233 e. The topological polar surface area (TPSA) is 6.48 Å². The molecule has 96 valence electrons. The molecule has 1 aromatic rings. The van der Waals surface area contributed by atoms with Crippen molar-refractivity contribution in [1.82, 2.24) is 9.80 Å². The summed E-state index contributed by atoms with van der Waals surface area (Å²) in [6.07, 6.45) is 2.76. The highest BCUT2D eigenvalue weighted by molar-refractivity contribution is 5.14. The average molecular weight is 234 g/mol. The summed E-state index contributed by atoms with van der Waals surface area (Å²) in [7, 11) is 4.11. The zero-order chi connectivity index (χ0) is 12.5. The highest BCUT2D eigenvalue weighted by Gasteiger charge is 2.10. The maximum Gasteiger partial charge on any atom is 0.0233 e. The van der Waals surface area contributed by atoms with Gasteiger partial charge in [0.2, 0.25) is 0 Å². The summed E-state index contributed by atoms with van der Waals surface area (Å²) >= 11 is 0. The van der Waals surface area contributed by atoms with Crippen molar-refractivity contribution in [2.45, 2.75) is 26.3 Å². The summed E-state index contributed by atoms with van der Waals surface area (Å²) in [5.41, 5.74) is 1.44. The molecule has 0 unspecified atom stereocenters. The molecular formula is C15H26N2. The van der Waals surface area contributed by atoms with Crippen molar-refractivity contribution in [3.8, 4) is 0 Å². The van der Waals surface area contributed by atoms with Gasteiger partial charge in [-0.05, 0) is 52.1 Å². The molecule has 1 aromatic carbocycles. The van der Waals surface area contributed by atoms with Gasteiger partial charge in [-0.1, -0.05) is 37.3 Å². The Labute approximate surface area is 106 Å². The largest absolute Gasteiger partial charge is 0.310 e. The lowest BCUT2D eigenvalue weighted by Crippen LogP contribution is -2.18. The maximum atomic E-state index is 2.52. The molecule has 0 radical (unpaired) electrons. The van der Waals surface area contributed by atoms with Gasteiger partial charge in [0.25, 0.3) is 0 Å². The first-order chi connectivity index (χ1) is 8.22. The minimum atomic E-state index is 1.14. The van der Waals surface area contributed by atoms with Crippen LogP contribution in [0.5, 0.6) is 0 Å². The first-order valence-corrected chi connectivity index (χ1v) is 6.63. The summed E-state index contributed by atoms with van der Waals surface area (Å²) in [4.78, 5) is 4.65. The molecule has 1 heterocycles. The Morgan fingerprint density at radius 1 is 1.06 bits per heavy atom. The molecule has 1 saturated heterocycles. The molecule has 0 bridgehead atoms. The summed E-state index contributed by atoms with van der Waals surface area (Å²) < 4.78 is 0. The Balaban J connectivity index is 0.000000249. The van der Waals surface area contributed by atoms with Gasteiger partial charge in [-0.2, -0.15) is 0 Å². The van der Waals surface area contributed by atoms with E-state index < -0.39 is 0 Å². The van der Waals surface area contributed by atoms with E-state index >= 15 is 0 Å². The van der Waals surface area contributed by atoms with Gasteiger partial charge < -0.3 is 4.90 Å². The molecule has 2 heteroatoms. The van der Waals surface area contributed by atoms with Crippen molar-refractivity contribution < 1.29 is 0 Å². The van der Waals surface area contributed by atoms with Crippen LogP contribution in [0.3, 0.4) is 0 Å². The van der Waals surface area contributed by atoms with Gasteiger partial charge in [0.15, 0.2) is 0 Å². The number of nitrogens with zero attached hydrogens (tertiary/aromatic N) is 2. The van der Waals surface area contributed by atoms with Gasteiger partial charge in [0, 0.05) is 6.54 Å². The van der Waals surface area contributed by atoms with Gasteiger partial charge in [-0.15, -0.1) is 0 Å². The van der Waals surface area contributed by atoms with Crippen LogP contribution in [0.2, 0.25) is 0 Å². The van der Waals surface area contributed by atoms with Crippen molar-refractivity contribution in [1.29, 1.82) is 0 Å². The third kappa shape index (κ3) is 6.44. The molecule has 17 heavy (non-hydrogen) atoms. The fraction of sp³-hybridized carbons (Fsp3) is 0.600. The minimum Gasteiger partial charge on any atom is -0.310 e. The Hall–Kier alpha value is -0.860. The van der Waals surface area contributed by atoms with Crippen molar-refractivity contribution in [3.05, 3.63) is 35.9 Å². The fourth-order valence-corrected chi connectivity index (χ4v) is 1.78. The Kier molecular flexibility index (Phi) is 6.90. The van der Waals surface area contributed by atoms with E-state index in [9.17, 15) is 0 Å². The van der Waals surface area contributed by atoms with Crippen LogP contribution in [0, 0.1) is 0 Å². The van der Waals surface area contributed by atoms with Crippen molar-refractivity contribution >= 4 is 0 Å². The second-order valence-corrected chi connectivity index (χ2v) is 4.86. The summed E-state index contributed by atoms with van der Waals surface area (Å²) in [6.45, 7) is 6.98. The van der Waals surface area contributed by atoms with Crippen LogP contribution < -0.4 is 0 Å². The fourth-order valence-electron chi connectivity index (χ4n) is 1.78. The molecule has 0 aromatic heterocycles. The van der Waals surface area contributed by atoms with Gasteiger partial charge in [-0.3, -0.25) is 4.90 Å². The van der Waals surface area contributed by atoms with Gasteiger partial charge in [-0.25, -0.2) is 0 Å². The number of likely N-dealkylation sites (tertiary alicyclic amines) is 1.